The fourth-order valence-electron chi connectivity index (χ4n) is 2.75. The van der Waals surface area contributed by atoms with Gasteiger partial charge in [0.15, 0.2) is 5.78 Å². The maximum Gasteiger partial charge on any atom is 0.329 e. The smallest absolute Gasteiger partial charge is 0.310 e. The second-order valence-electron chi connectivity index (χ2n) is 6.75. The summed E-state index contributed by atoms with van der Waals surface area (Å²) in [7, 11) is 0. The molecule has 1 fully saturated rings. The highest BCUT2D eigenvalue weighted by Crippen LogP contribution is 2.18. The zero-order chi connectivity index (χ0) is 19.1. The summed E-state index contributed by atoms with van der Waals surface area (Å²) in [6, 6.07) is 4.06. The molecular formula is C19H25FN3O3. The average Bonchev–Trinajstić information content (AvgIpc) is 2.80. The predicted molar refractivity (Wildman–Crippen MR) is 96.9 cm³/mol. The number of carbonyl (C=O) groups excluding carboxylic acids is 3. The zero-order valence-corrected chi connectivity index (χ0v) is 15.1. The molecule has 3 amide bonds. The van der Waals surface area contributed by atoms with E-state index in [0.29, 0.717) is 25.8 Å². The van der Waals surface area contributed by atoms with Crippen molar-refractivity contribution in [1.29, 1.82) is 0 Å². The van der Waals surface area contributed by atoms with Crippen LogP contribution in [0.3, 0.4) is 0 Å². The van der Waals surface area contributed by atoms with Gasteiger partial charge in [-0.25, -0.2) is 9.18 Å². The first-order valence-electron chi connectivity index (χ1n) is 8.85. The van der Waals surface area contributed by atoms with Crippen molar-refractivity contribution in [1.82, 2.24) is 10.2 Å². The normalized spacial score (nSPS) is 17.7. The first kappa shape index (κ1) is 20.0. The SMILES string of the molecule is CC(C)C[CH]C(=O)N(C(=O)Nc1ccccc1F)[C@H]1CCCNCC1=O. The molecule has 1 aliphatic rings. The van der Waals surface area contributed by atoms with Crippen molar-refractivity contribution < 1.29 is 18.8 Å². The van der Waals surface area contributed by atoms with Gasteiger partial charge in [0.05, 0.1) is 18.7 Å². The lowest BCUT2D eigenvalue weighted by molar-refractivity contribution is -0.133. The summed E-state index contributed by atoms with van der Waals surface area (Å²) in [5.74, 6) is -1.12. The van der Waals surface area contributed by atoms with Crippen LogP contribution in [0.25, 0.3) is 0 Å². The monoisotopic (exact) mass is 362 g/mol. The number of imide groups is 1. The molecule has 1 radical (unpaired) electrons. The van der Waals surface area contributed by atoms with Crippen LogP contribution in [0.1, 0.15) is 33.1 Å². The molecular weight excluding hydrogens is 337 g/mol. The number of anilines is 1. The molecule has 1 atom stereocenters. The molecule has 141 valence electrons. The van der Waals surface area contributed by atoms with Crippen LogP contribution in [-0.2, 0) is 9.59 Å². The molecule has 0 saturated carbocycles. The van der Waals surface area contributed by atoms with E-state index in [1.807, 2.05) is 13.8 Å². The van der Waals surface area contributed by atoms with E-state index in [4.69, 9.17) is 0 Å². The van der Waals surface area contributed by atoms with Gasteiger partial charge in [-0.3, -0.25) is 14.5 Å². The quantitative estimate of drug-likeness (QED) is 0.844. The molecule has 0 bridgehead atoms. The lowest BCUT2D eigenvalue weighted by atomic mass is 10.0. The Bertz CT molecular complexity index is 663. The average molecular weight is 362 g/mol. The number of hydrogen-bond acceptors (Lipinski definition) is 4. The molecule has 6 nitrogen and oxygen atoms in total. The molecule has 2 rings (SSSR count). The summed E-state index contributed by atoms with van der Waals surface area (Å²) < 4.78 is 13.8. The van der Waals surface area contributed by atoms with E-state index in [9.17, 15) is 18.8 Å². The number of hydrogen-bond donors (Lipinski definition) is 2. The third-order valence-electron chi connectivity index (χ3n) is 4.15. The number of nitrogens with one attached hydrogen (secondary N) is 2. The number of ketones is 1. The number of urea groups is 1. The van der Waals surface area contributed by atoms with Crippen molar-refractivity contribution >= 4 is 23.4 Å². The largest absolute Gasteiger partial charge is 0.329 e. The Hall–Kier alpha value is -2.28. The molecule has 1 aliphatic heterocycles. The molecule has 1 aromatic carbocycles. The minimum absolute atomic E-state index is 0.0293. The van der Waals surface area contributed by atoms with E-state index in [1.165, 1.54) is 24.6 Å². The molecule has 1 aromatic rings. The van der Waals surface area contributed by atoms with Gasteiger partial charge in [0, 0.05) is 0 Å². The number of halogens is 1. The van der Waals surface area contributed by atoms with E-state index in [-0.39, 0.29) is 23.9 Å². The van der Waals surface area contributed by atoms with Gasteiger partial charge >= 0.3 is 6.03 Å². The van der Waals surface area contributed by atoms with Gasteiger partial charge in [-0.2, -0.15) is 0 Å². The molecule has 0 aromatic heterocycles. The molecule has 7 heteroatoms. The molecule has 2 N–H and O–H groups in total. The van der Waals surface area contributed by atoms with Crippen molar-refractivity contribution in [2.24, 2.45) is 5.92 Å². The van der Waals surface area contributed by atoms with Crippen molar-refractivity contribution in [2.75, 3.05) is 18.4 Å². The second-order valence-corrected chi connectivity index (χ2v) is 6.75. The fraction of sp³-hybridized carbons (Fsp3) is 0.474. The first-order valence-corrected chi connectivity index (χ1v) is 8.85. The van der Waals surface area contributed by atoms with Crippen molar-refractivity contribution in [3.63, 3.8) is 0 Å². The number of benzene rings is 1. The van der Waals surface area contributed by atoms with Gasteiger partial charge in [-0.1, -0.05) is 26.0 Å². The lowest BCUT2D eigenvalue weighted by Gasteiger charge is -2.28. The standard InChI is InChI=1S/C19H25FN3O3/c1-13(2)9-10-18(25)23(16-8-5-11-21-12-17(16)24)19(26)22-15-7-4-3-6-14(15)20/h3-4,6-7,10,13,16,21H,5,8-9,11-12H2,1-2H3,(H,22,26)/t16-/m0/s1. The summed E-state index contributed by atoms with van der Waals surface area (Å²) >= 11 is 0. The van der Waals surface area contributed by atoms with Crippen LogP contribution in [0.4, 0.5) is 14.9 Å². The Morgan fingerprint density at radius 2 is 2.12 bits per heavy atom. The van der Waals surface area contributed by atoms with Crippen LogP contribution < -0.4 is 10.6 Å². The van der Waals surface area contributed by atoms with Gasteiger partial charge in [-0.15, -0.1) is 0 Å². The number of Topliss-reactive ketones (excluding diaryl/α,β-unsaturated/α-hetero) is 1. The van der Waals surface area contributed by atoms with Crippen molar-refractivity contribution in [3.05, 3.63) is 36.5 Å². The third-order valence-corrected chi connectivity index (χ3v) is 4.15. The molecule has 1 heterocycles. The Morgan fingerprint density at radius 3 is 2.81 bits per heavy atom. The molecule has 0 spiro atoms. The van der Waals surface area contributed by atoms with E-state index >= 15 is 0 Å². The number of rotatable bonds is 5. The maximum absolute atomic E-state index is 13.8. The van der Waals surface area contributed by atoms with Crippen LogP contribution in [0.15, 0.2) is 24.3 Å². The summed E-state index contributed by atoms with van der Waals surface area (Å²) in [5.41, 5.74) is -0.0293. The molecule has 26 heavy (non-hydrogen) atoms. The van der Waals surface area contributed by atoms with Crippen LogP contribution in [0.2, 0.25) is 0 Å². The van der Waals surface area contributed by atoms with Gasteiger partial charge in [-0.05, 0) is 43.9 Å². The Labute approximate surface area is 153 Å². The minimum atomic E-state index is -0.854. The van der Waals surface area contributed by atoms with Crippen LogP contribution in [0, 0.1) is 18.2 Å². The predicted octanol–water partition coefficient (Wildman–Crippen LogP) is 2.76. The Morgan fingerprint density at radius 1 is 1.38 bits per heavy atom. The van der Waals surface area contributed by atoms with Crippen molar-refractivity contribution in [3.8, 4) is 0 Å². The lowest BCUT2D eigenvalue weighted by Crippen LogP contribution is -2.51. The van der Waals surface area contributed by atoms with Gasteiger partial charge < -0.3 is 10.6 Å². The van der Waals surface area contributed by atoms with E-state index in [1.54, 1.807) is 6.07 Å². The Kier molecular flexibility index (Phi) is 7.26. The van der Waals surface area contributed by atoms with Crippen molar-refractivity contribution in [2.45, 2.75) is 39.2 Å². The highest BCUT2D eigenvalue weighted by atomic mass is 19.1. The second kappa shape index (κ2) is 9.43. The van der Waals surface area contributed by atoms with E-state index in [2.05, 4.69) is 10.6 Å². The summed E-state index contributed by atoms with van der Waals surface area (Å²) in [6.07, 6.45) is 2.95. The summed E-state index contributed by atoms with van der Waals surface area (Å²) in [6.45, 7) is 4.66. The van der Waals surface area contributed by atoms with Crippen LogP contribution >= 0.6 is 0 Å². The highest BCUT2D eigenvalue weighted by molar-refractivity contribution is 6.07. The topological polar surface area (TPSA) is 78.5 Å². The molecule has 0 unspecified atom stereocenters. The number of para-hydroxylation sites is 1. The number of amides is 3. The molecule has 1 saturated heterocycles. The zero-order valence-electron chi connectivity index (χ0n) is 15.1. The fourth-order valence-corrected chi connectivity index (χ4v) is 2.75. The van der Waals surface area contributed by atoms with E-state index in [0.717, 1.165) is 4.90 Å². The van der Waals surface area contributed by atoms with Gasteiger partial charge in [0.2, 0.25) is 5.91 Å². The highest BCUT2D eigenvalue weighted by Gasteiger charge is 2.35. The van der Waals surface area contributed by atoms with Gasteiger partial charge in [0.25, 0.3) is 0 Å². The summed E-state index contributed by atoms with van der Waals surface area (Å²) in [5, 5.41) is 5.39. The van der Waals surface area contributed by atoms with Gasteiger partial charge in [0.1, 0.15) is 11.9 Å². The van der Waals surface area contributed by atoms with Crippen LogP contribution in [-0.4, -0.2) is 41.8 Å². The number of carbonyl (C=O) groups is 3. The minimum Gasteiger partial charge on any atom is -0.310 e. The Balaban J connectivity index is 2.23. The number of nitrogens with zero attached hydrogens (tertiary/aromatic N) is 1. The summed E-state index contributed by atoms with van der Waals surface area (Å²) in [4.78, 5) is 38.7. The molecule has 0 aliphatic carbocycles. The first-order chi connectivity index (χ1) is 12.4. The maximum atomic E-state index is 13.8. The van der Waals surface area contributed by atoms with Crippen LogP contribution in [0.5, 0.6) is 0 Å². The van der Waals surface area contributed by atoms with E-state index < -0.39 is 23.8 Å². The third kappa shape index (κ3) is 5.36.